The van der Waals surface area contributed by atoms with Crippen LogP contribution in [-0.2, 0) is 6.54 Å². The van der Waals surface area contributed by atoms with Gasteiger partial charge in [0.1, 0.15) is 0 Å². The second-order valence-corrected chi connectivity index (χ2v) is 3.63. The van der Waals surface area contributed by atoms with Crippen molar-refractivity contribution in [1.82, 2.24) is 4.57 Å². The van der Waals surface area contributed by atoms with E-state index < -0.39 is 6.10 Å². The average Bonchev–Trinajstić information content (AvgIpc) is 2.35. The van der Waals surface area contributed by atoms with Gasteiger partial charge in [0.2, 0.25) is 0 Å². The molecule has 0 aliphatic carbocycles. The lowest BCUT2D eigenvalue weighted by Gasteiger charge is -2.18. The van der Waals surface area contributed by atoms with Crippen molar-refractivity contribution in [1.29, 1.82) is 0 Å². The van der Waals surface area contributed by atoms with Crippen LogP contribution < -0.4 is 5.73 Å². The summed E-state index contributed by atoms with van der Waals surface area (Å²) in [5.41, 5.74) is 8.15. The van der Waals surface area contributed by atoms with Crippen molar-refractivity contribution >= 4 is 0 Å². The summed E-state index contributed by atoms with van der Waals surface area (Å²) >= 11 is 0. The molecule has 2 atom stereocenters. The van der Waals surface area contributed by atoms with Crippen LogP contribution in [0.3, 0.4) is 0 Å². The van der Waals surface area contributed by atoms with Crippen molar-refractivity contribution in [2.45, 2.75) is 39.5 Å². The molecule has 0 radical (unpaired) electrons. The Balaban J connectivity index is 2.73. The van der Waals surface area contributed by atoms with E-state index in [-0.39, 0.29) is 6.04 Å². The highest BCUT2D eigenvalue weighted by Crippen LogP contribution is 2.08. The molecular weight excluding hydrogens is 164 g/mol. The Morgan fingerprint density at radius 1 is 1.38 bits per heavy atom. The monoisotopic (exact) mass is 182 g/mol. The fourth-order valence-corrected chi connectivity index (χ4v) is 1.35. The Morgan fingerprint density at radius 3 is 2.23 bits per heavy atom. The highest BCUT2D eigenvalue weighted by molar-refractivity contribution is 5.13. The van der Waals surface area contributed by atoms with Gasteiger partial charge in [0, 0.05) is 24.0 Å². The standard InChI is InChI=1S/C10H18N2O/c1-7-4-5-8(2)12(7)6-10(11)9(3)13/h4-5,9-10,13H,6,11H2,1-3H3. The van der Waals surface area contributed by atoms with Gasteiger partial charge in [0.15, 0.2) is 0 Å². The average molecular weight is 182 g/mol. The lowest BCUT2D eigenvalue weighted by Crippen LogP contribution is -2.36. The van der Waals surface area contributed by atoms with Gasteiger partial charge in [-0.2, -0.15) is 0 Å². The van der Waals surface area contributed by atoms with Crippen LogP contribution in [0.5, 0.6) is 0 Å². The number of hydrogen-bond donors (Lipinski definition) is 2. The molecule has 0 bridgehead atoms. The quantitative estimate of drug-likeness (QED) is 0.727. The van der Waals surface area contributed by atoms with Crippen LogP contribution in [0, 0.1) is 13.8 Å². The van der Waals surface area contributed by atoms with E-state index in [0.717, 1.165) is 0 Å². The minimum Gasteiger partial charge on any atom is -0.392 e. The SMILES string of the molecule is Cc1ccc(C)n1CC(N)C(C)O. The summed E-state index contributed by atoms with van der Waals surface area (Å²) in [5.74, 6) is 0. The number of hydrogen-bond acceptors (Lipinski definition) is 2. The highest BCUT2D eigenvalue weighted by Gasteiger charge is 2.11. The van der Waals surface area contributed by atoms with Crippen LogP contribution in [0.25, 0.3) is 0 Å². The summed E-state index contributed by atoms with van der Waals surface area (Å²) in [4.78, 5) is 0. The molecule has 0 fully saturated rings. The van der Waals surface area contributed by atoms with Crippen LogP contribution in [0.15, 0.2) is 12.1 Å². The van der Waals surface area contributed by atoms with Gasteiger partial charge in [0.05, 0.1) is 6.10 Å². The van der Waals surface area contributed by atoms with Gasteiger partial charge >= 0.3 is 0 Å². The Morgan fingerprint density at radius 2 is 1.85 bits per heavy atom. The summed E-state index contributed by atoms with van der Waals surface area (Å²) in [7, 11) is 0. The third kappa shape index (κ3) is 2.32. The molecular formula is C10H18N2O. The second kappa shape index (κ2) is 3.94. The smallest absolute Gasteiger partial charge is 0.0680 e. The van der Waals surface area contributed by atoms with E-state index in [0.29, 0.717) is 6.54 Å². The first-order chi connectivity index (χ1) is 6.02. The zero-order chi connectivity index (χ0) is 10.0. The van der Waals surface area contributed by atoms with Crippen molar-refractivity contribution < 1.29 is 5.11 Å². The van der Waals surface area contributed by atoms with Gasteiger partial charge in [-0.1, -0.05) is 0 Å². The summed E-state index contributed by atoms with van der Waals surface area (Å²) in [6.45, 7) is 6.49. The number of aliphatic hydroxyl groups is 1. The first kappa shape index (κ1) is 10.3. The van der Waals surface area contributed by atoms with Gasteiger partial charge in [-0.25, -0.2) is 0 Å². The summed E-state index contributed by atoms with van der Waals surface area (Å²) in [6.07, 6.45) is -0.457. The number of rotatable bonds is 3. The molecule has 1 heterocycles. The Kier molecular flexibility index (Phi) is 3.12. The van der Waals surface area contributed by atoms with Crippen LogP contribution >= 0.6 is 0 Å². The fraction of sp³-hybridized carbons (Fsp3) is 0.600. The Hall–Kier alpha value is -0.800. The minimum absolute atomic E-state index is 0.190. The van der Waals surface area contributed by atoms with E-state index >= 15 is 0 Å². The van der Waals surface area contributed by atoms with E-state index in [1.807, 2.05) is 13.8 Å². The molecule has 1 aromatic heterocycles. The van der Waals surface area contributed by atoms with Crippen molar-refractivity contribution in [3.05, 3.63) is 23.5 Å². The molecule has 0 spiro atoms. The van der Waals surface area contributed by atoms with Crippen molar-refractivity contribution in [2.24, 2.45) is 5.73 Å². The first-order valence-electron chi connectivity index (χ1n) is 4.58. The van der Waals surface area contributed by atoms with Gasteiger partial charge < -0.3 is 15.4 Å². The van der Waals surface area contributed by atoms with Gasteiger partial charge in [0.25, 0.3) is 0 Å². The molecule has 1 aromatic rings. The predicted octanol–water partition coefficient (Wildman–Crippen LogP) is 0.813. The normalized spacial score (nSPS) is 15.8. The minimum atomic E-state index is -0.457. The molecule has 0 aromatic carbocycles. The van der Waals surface area contributed by atoms with Gasteiger partial charge in [-0.05, 0) is 32.9 Å². The van der Waals surface area contributed by atoms with Crippen molar-refractivity contribution in [3.63, 3.8) is 0 Å². The highest BCUT2D eigenvalue weighted by atomic mass is 16.3. The van der Waals surface area contributed by atoms with Gasteiger partial charge in [-0.3, -0.25) is 0 Å². The van der Waals surface area contributed by atoms with Crippen molar-refractivity contribution in [3.8, 4) is 0 Å². The number of nitrogens with two attached hydrogens (primary N) is 1. The van der Waals surface area contributed by atoms with E-state index in [2.05, 4.69) is 16.7 Å². The van der Waals surface area contributed by atoms with E-state index in [1.54, 1.807) is 6.92 Å². The molecule has 0 amide bonds. The molecule has 0 aliphatic heterocycles. The lowest BCUT2D eigenvalue weighted by atomic mass is 10.2. The number of aromatic nitrogens is 1. The maximum Gasteiger partial charge on any atom is 0.0680 e. The molecule has 3 nitrogen and oxygen atoms in total. The summed E-state index contributed by atoms with van der Waals surface area (Å²) in [5, 5.41) is 9.26. The zero-order valence-electron chi connectivity index (χ0n) is 8.49. The molecule has 3 heteroatoms. The molecule has 1 rings (SSSR count). The molecule has 2 unspecified atom stereocenters. The zero-order valence-corrected chi connectivity index (χ0v) is 8.49. The maximum absolute atomic E-state index is 9.26. The van der Waals surface area contributed by atoms with Crippen LogP contribution in [-0.4, -0.2) is 21.8 Å². The van der Waals surface area contributed by atoms with Crippen LogP contribution in [0.4, 0.5) is 0 Å². The topological polar surface area (TPSA) is 51.2 Å². The van der Waals surface area contributed by atoms with E-state index in [9.17, 15) is 5.11 Å². The van der Waals surface area contributed by atoms with Gasteiger partial charge in [-0.15, -0.1) is 0 Å². The molecule has 0 saturated carbocycles. The molecule has 0 aliphatic rings. The van der Waals surface area contributed by atoms with E-state index in [4.69, 9.17) is 5.73 Å². The predicted molar refractivity (Wildman–Crippen MR) is 53.6 cm³/mol. The second-order valence-electron chi connectivity index (χ2n) is 3.63. The summed E-state index contributed by atoms with van der Waals surface area (Å²) < 4.78 is 2.12. The molecule has 3 N–H and O–H groups in total. The number of aliphatic hydroxyl groups excluding tert-OH is 1. The van der Waals surface area contributed by atoms with Crippen LogP contribution in [0.2, 0.25) is 0 Å². The Bertz CT molecular complexity index is 259. The number of nitrogens with zero attached hydrogens (tertiary/aromatic N) is 1. The fourth-order valence-electron chi connectivity index (χ4n) is 1.35. The third-order valence-electron chi connectivity index (χ3n) is 2.43. The first-order valence-corrected chi connectivity index (χ1v) is 4.58. The van der Waals surface area contributed by atoms with E-state index in [1.165, 1.54) is 11.4 Å². The Labute approximate surface area is 79.2 Å². The molecule has 0 saturated heterocycles. The number of aryl methyl sites for hydroxylation is 2. The third-order valence-corrected chi connectivity index (χ3v) is 2.43. The largest absolute Gasteiger partial charge is 0.392 e. The molecule has 13 heavy (non-hydrogen) atoms. The summed E-state index contributed by atoms with van der Waals surface area (Å²) in [6, 6.07) is 3.93. The van der Waals surface area contributed by atoms with Crippen LogP contribution in [0.1, 0.15) is 18.3 Å². The van der Waals surface area contributed by atoms with Crippen molar-refractivity contribution in [2.75, 3.05) is 0 Å². The molecule has 74 valence electrons. The maximum atomic E-state index is 9.26. The lowest BCUT2D eigenvalue weighted by molar-refractivity contribution is 0.154.